The molecule has 8 heteroatoms. The topological polar surface area (TPSA) is 68.0 Å². The number of piperazine rings is 1. The van der Waals surface area contributed by atoms with Crippen molar-refractivity contribution < 1.29 is 9.18 Å². The van der Waals surface area contributed by atoms with Gasteiger partial charge in [-0.15, -0.1) is 0 Å². The van der Waals surface area contributed by atoms with E-state index in [1.165, 1.54) is 12.1 Å². The molecule has 1 saturated heterocycles. The van der Waals surface area contributed by atoms with Crippen molar-refractivity contribution in [1.82, 2.24) is 29.5 Å². The molecule has 5 rings (SSSR count). The SMILES string of the molecule is Cn1ccnc1C1CNCCN1C(=O)c1nn(-c2ccc(F)cc2)c2c1CCC2. The molecule has 2 aromatic heterocycles. The Kier molecular flexibility index (Phi) is 4.43. The monoisotopic (exact) mass is 394 g/mol. The van der Waals surface area contributed by atoms with Crippen molar-refractivity contribution in [3.8, 4) is 5.69 Å². The van der Waals surface area contributed by atoms with E-state index in [9.17, 15) is 9.18 Å². The average Bonchev–Trinajstić information content (AvgIpc) is 3.45. The van der Waals surface area contributed by atoms with E-state index in [-0.39, 0.29) is 17.8 Å². The van der Waals surface area contributed by atoms with Crippen molar-refractivity contribution >= 4 is 5.91 Å². The summed E-state index contributed by atoms with van der Waals surface area (Å²) in [4.78, 5) is 20.0. The van der Waals surface area contributed by atoms with Crippen molar-refractivity contribution in [3.63, 3.8) is 0 Å². The van der Waals surface area contributed by atoms with Gasteiger partial charge in [-0.3, -0.25) is 4.79 Å². The Balaban J connectivity index is 1.53. The summed E-state index contributed by atoms with van der Waals surface area (Å²) in [5.41, 5.74) is 3.38. The van der Waals surface area contributed by atoms with Crippen molar-refractivity contribution in [2.75, 3.05) is 19.6 Å². The first-order chi connectivity index (χ1) is 14.1. The maximum atomic E-state index is 13.6. The summed E-state index contributed by atoms with van der Waals surface area (Å²) >= 11 is 0. The van der Waals surface area contributed by atoms with E-state index < -0.39 is 0 Å². The Morgan fingerprint density at radius 3 is 2.83 bits per heavy atom. The van der Waals surface area contributed by atoms with Crippen LogP contribution in [-0.4, -0.2) is 49.8 Å². The van der Waals surface area contributed by atoms with Gasteiger partial charge in [0, 0.05) is 50.3 Å². The van der Waals surface area contributed by atoms with Gasteiger partial charge in [0.2, 0.25) is 0 Å². The van der Waals surface area contributed by atoms with Gasteiger partial charge in [-0.2, -0.15) is 5.10 Å². The van der Waals surface area contributed by atoms with Gasteiger partial charge in [0.05, 0.1) is 5.69 Å². The zero-order valence-electron chi connectivity index (χ0n) is 16.3. The minimum absolute atomic E-state index is 0.0569. The van der Waals surface area contributed by atoms with Gasteiger partial charge in [-0.1, -0.05) is 0 Å². The molecule has 1 aromatic carbocycles. The number of carbonyl (C=O) groups is 1. The quantitative estimate of drug-likeness (QED) is 0.738. The number of rotatable bonds is 3. The number of hydrogen-bond donors (Lipinski definition) is 1. The minimum Gasteiger partial charge on any atom is -0.336 e. The lowest BCUT2D eigenvalue weighted by Gasteiger charge is -2.35. The van der Waals surface area contributed by atoms with Crippen LogP contribution in [0, 0.1) is 5.82 Å². The van der Waals surface area contributed by atoms with Crippen LogP contribution in [0.25, 0.3) is 5.69 Å². The number of imidazole rings is 1. The van der Waals surface area contributed by atoms with Crippen molar-refractivity contribution in [3.05, 3.63) is 65.3 Å². The van der Waals surface area contributed by atoms with E-state index in [1.54, 1.807) is 18.3 Å². The predicted molar refractivity (Wildman–Crippen MR) is 105 cm³/mol. The summed E-state index contributed by atoms with van der Waals surface area (Å²) in [5.74, 6) is 0.520. The van der Waals surface area contributed by atoms with Gasteiger partial charge < -0.3 is 14.8 Å². The zero-order chi connectivity index (χ0) is 20.0. The molecule has 1 fully saturated rings. The first kappa shape index (κ1) is 18.1. The third kappa shape index (κ3) is 3.04. The van der Waals surface area contributed by atoms with E-state index in [1.807, 2.05) is 27.4 Å². The van der Waals surface area contributed by atoms with Gasteiger partial charge in [-0.05, 0) is 43.5 Å². The first-order valence-corrected chi connectivity index (χ1v) is 9.99. The van der Waals surface area contributed by atoms with Crippen molar-refractivity contribution in [2.24, 2.45) is 7.05 Å². The van der Waals surface area contributed by atoms with Gasteiger partial charge in [0.15, 0.2) is 5.69 Å². The summed E-state index contributed by atoms with van der Waals surface area (Å²) < 4.78 is 17.1. The number of carbonyl (C=O) groups excluding carboxylic acids is 1. The van der Waals surface area contributed by atoms with E-state index in [2.05, 4.69) is 10.3 Å². The number of hydrogen-bond acceptors (Lipinski definition) is 4. The molecule has 1 aliphatic heterocycles. The van der Waals surface area contributed by atoms with E-state index in [4.69, 9.17) is 5.10 Å². The standard InChI is InChI=1S/C21H23FN6O/c1-26-11-10-24-20(26)18-13-23-9-12-27(18)21(29)19-16-3-2-4-17(16)28(25-19)15-7-5-14(22)6-8-15/h5-8,10-11,18,23H,2-4,9,12-13H2,1H3. The molecule has 150 valence electrons. The zero-order valence-corrected chi connectivity index (χ0v) is 16.3. The Labute approximate surface area is 168 Å². The molecule has 0 spiro atoms. The Morgan fingerprint density at radius 2 is 2.07 bits per heavy atom. The minimum atomic E-state index is -0.285. The van der Waals surface area contributed by atoms with Crippen LogP contribution in [0.3, 0.4) is 0 Å². The number of aromatic nitrogens is 4. The third-order valence-corrected chi connectivity index (χ3v) is 5.86. The first-order valence-electron chi connectivity index (χ1n) is 9.99. The van der Waals surface area contributed by atoms with Gasteiger partial charge >= 0.3 is 0 Å². The largest absolute Gasteiger partial charge is 0.336 e. The summed E-state index contributed by atoms with van der Waals surface area (Å²) in [7, 11) is 1.94. The van der Waals surface area contributed by atoms with E-state index in [0.29, 0.717) is 18.8 Å². The fourth-order valence-corrected chi connectivity index (χ4v) is 4.42. The summed E-state index contributed by atoms with van der Waals surface area (Å²) in [6, 6.07) is 6.12. The van der Waals surface area contributed by atoms with Crippen molar-refractivity contribution in [1.29, 1.82) is 0 Å². The number of aryl methyl sites for hydroxylation is 1. The van der Waals surface area contributed by atoms with Crippen LogP contribution >= 0.6 is 0 Å². The second-order valence-electron chi connectivity index (χ2n) is 7.63. The molecule has 2 aliphatic rings. The second-order valence-corrected chi connectivity index (χ2v) is 7.63. The molecule has 1 N–H and O–H groups in total. The van der Waals surface area contributed by atoms with Crippen LogP contribution in [0.2, 0.25) is 0 Å². The van der Waals surface area contributed by atoms with E-state index >= 15 is 0 Å². The summed E-state index contributed by atoms with van der Waals surface area (Å²) in [5, 5.41) is 8.07. The Morgan fingerprint density at radius 1 is 1.24 bits per heavy atom. The number of halogens is 1. The van der Waals surface area contributed by atoms with Gasteiger partial charge in [0.25, 0.3) is 5.91 Å². The molecule has 3 heterocycles. The molecule has 1 unspecified atom stereocenters. The molecule has 3 aromatic rings. The molecular formula is C21H23FN6O. The highest BCUT2D eigenvalue weighted by Gasteiger charge is 2.35. The average molecular weight is 394 g/mol. The number of fused-ring (bicyclic) bond motifs is 1. The molecule has 1 atom stereocenters. The van der Waals surface area contributed by atoms with Crippen LogP contribution in [0.15, 0.2) is 36.7 Å². The van der Waals surface area contributed by atoms with Crippen molar-refractivity contribution in [2.45, 2.75) is 25.3 Å². The lowest BCUT2D eigenvalue weighted by atomic mass is 10.1. The number of nitrogens with one attached hydrogen (secondary N) is 1. The lowest BCUT2D eigenvalue weighted by Crippen LogP contribution is -2.49. The van der Waals surface area contributed by atoms with Crippen LogP contribution in [0.5, 0.6) is 0 Å². The highest BCUT2D eigenvalue weighted by atomic mass is 19.1. The fourth-order valence-electron chi connectivity index (χ4n) is 4.42. The molecule has 0 saturated carbocycles. The van der Waals surface area contributed by atoms with Crippen LogP contribution in [0.1, 0.15) is 40.0 Å². The molecule has 29 heavy (non-hydrogen) atoms. The molecular weight excluding hydrogens is 371 g/mol. The lowest BCUT2D eigenvalue weighted by molar-refractivity contribution is 0.0613. The van der Waals surface area contributed by atoms with Gasteiger partial charge in [-0.25, -0.2) is 14.1 Å². The number of nitrogens with zero attached hydrogens (tertiary/aromatic N) is 5. The molecule has 0 radical (unpaired) electrons. The Bertz CT molecular complexity index is 1050. The predicted octanol–water partition coefficient (Wildman–Crippen LogP) is 2.02. The van der Waals surface area contributed by atoms with Crippen LogP contribution in [-0.2, 0) is 19.9 Å². The maximum Gasteiger partial charge on any atom is 0.275 e. The fraction of sp³-hybridized carbons (Fsp3) is 0.381. The highest BCUT2D eigenvalue weighted by molar-refractivity contribution is 5.94. The number of amides is 1. The van der Waals surface area contributed by atoms with Gasteiger partial charge in [0.1, 0.15) is 17.7 Å². The third-order valence-electron chi connectivity index (χ3n) is 5.86. The highest BCUT2D eigenvalue weighted by Crippen LogP contribution is 2.30. The van der Waals surface area contributed by atoms with Crippen LogP contribution in [0.4, 0.5) is 4.39 Å². The second kappa shape index (κ2) is 7.11. The smallest absolute Gasteiger partial charge is 0.275 e. The summed E-state index contributed by atoms with van der Waals surface area (Å²) in [6.45, 7) is 2.01. The molecule has 1 amide bonds. The number of benzene rings is 1. The molecule has 0 bridgehead atoms. The van der Waals surface area contributed by atoms with E-state index in [0.717, 1.165) is 48.6 Å². The Hall–Kier alpha value is -3.00. The molecule has 1 aliphatic carbocycles. The summed E-state index contributed by atoms with van der Waals surface area (Å²) in [6.07, 6.45) is 6.37. The maximum absolute atomic E-state index is 13.6. The molecule has 7 nitrogen and oxygen atoms in total. The van der Waals surface area contributed by atoms with Crippen LogP contribution < -0.4 is 5.32 Å². The normalized spacial score (nSPS) is 18.8.